The molecule has 4 rings (SSSR count). The Morgan fingerprint density at radius 1 is 0.967 bits per heavy atom. The number of aromatic nitrogens is 3. The molecule has 1 amide bonds. The second-order valence-corrected chi connectivity index (χ2v) is 6.67. The number of methoxy groups -OCH3 is 2. The molecule has 0 aliphatic carbocycles. The van der Waals surface area contributed by atoms with E-state index in [9.17, 15) is 4.79 Å². The summed E-state index contributed by atoms with van der Waals surface area (Å²) in [5.41, 5.74) is 3.04. The number of hydrogen-bond acceptors (Lipinski definition) is 5. The van der Waals surface area contributed by atoms with Gasteiger partial charge in [-0.2, -0.15) is 0 Å². The number of hydrogen-bond donors (Lipinski definition) is 1. The van der Waals surface area contributed by atoms with E-state index in [1.165, 1.54) is 14.2 Å². The van der Waals surface area contributed by atoms with Crippen LogP contribution < -0.4 is 14.8 Å². The zero-order chi connectivity index (χ0) is 20.9. The van der Waals surface area contributed by atoms with Crippen molar-refractivity contribution in [2.45, 2.75) is 13.1 Å². The number of carbonyl (C=O) groups is 1. The SMILES string of the molecule is COc1cccc(OC)c1C(=O)NCc1nc2cccnc2n1Cc1ccccc1. The van der Waals surface area contributed by atoms with Crippen molar-refractivity contribution in [2.24, 2.45) is 0 Å². The number of rotatable bonds is 7. The van der Waals surface area contributed by atoms with Crippen molar-refractivity contribution < 1.29 is 14.3 Å². The smallest absolute Gasteiger partial charge is 0.259 e. The van der Waals surface area contributed by atoms with Crippen molar-refractivity contribution >= 4 is 17.1 Å². The van der Waals surface area contributed by atoms with E-state index in [0.717, 1.165) is 22.6 Å². The van der Waals surface area contributed by atoms with Crippen LogP contribution in [0.2, 0.25) is 0 Å². The molecule has 7 nitrogen and oxygen atoms in total. The van der Waals surface area contributed by atoms with E-state index in [4.69, 9.17) is 9.47 Å². The summed E-state index contributed by atoms with van der Waals surface area (Å²) in [5, 5.41) is 2.94. The van der Waals surface area contributed by atoms with E-state index in [1.807, 2.05) is 34.9 Å². The molecule has 2 aromatic carbocycles. The van der Waals surface area contributed by atoms with Gasteiger partial charge in [0, 0.05) is 6.20 Å². The molecule has 2 heterocycles. The molecule has 0 aliphatic heterocycles. The maximum absolute atomic E-state index is 12.9. The maximum Gasteiger partial charge on any atom is 0.259 e. The van der Waals surface area contributed by atoms with Gasteiger partial charge in [-0.3, -0.25) is 4.79 Å². The highest BCUT2D eigenvalue weighted by atomic mass is 16.5. The fourth-order valence-electron chi connectivity index (χ4n) is 3.40. The van der Waals surface area contributed by atoms with Crippen molar-refractivity contribution in [3.63, 3.8) is 0 Å². The summed E-state index contributed by atoms with van der Waals surface area (Å²) < 4.78 is 12.7. The minimum atomic E-state index is -0.296. The minimum Gasteiger partial charge on any atom is -0.496 e. The van der Waals surface area contributed by atoms with Gasteiger partial charge in [-0.1, -0.05) is 36.4 Å². The third-order valence-electron chi connectivity index (χ3n) is 4.83. The molecule has 1 N–H and O–H groups in total. The summed E-state index contributed by atoms with van der Waals surface area (Å²) in [7, 11) is 3.05. The van der Waals surface area contributed by atoms with Gasteiger partial charge in [0.1, 0.15) is 28.4 Å². The molecule has 152 valence electrons. The fourth-order valence-corrected chi connectivity index (χ4v) is 3.40. The molecule has 30 heavy (non-hydrogen) atoms. The van der Waals surface area contributed by atoms with Crippen LogP contribution in [0.4, 0.5) is 0 Å². The number of pyridine rings is 1. The van der Waals surface area contributed by atoms with Crippen molar-refractivity contribution in [1.29, 1.82) is 0 Å². The van der Waals surface area contributed by atoms with Gasteiger partial charge in [-0.15, -0.1) is 0 Å². The number of imidazole rings is 1. The molecular formula is C23H22N4O3. The zero-order valence-electron chi connectivity index (χ0n) is 16.8. The predicted molar refractivity (Wildman–Crippen MR) is 114 cm³/mol. The second-order valence-electron chi connectivity index (χ2n) is 6.67. The van der Waals surface area contributed by atoms with Gasteiger partial charge in [-0.05, 0) is 29.8 Å². The van der Waals surface area contributed by atoms with Crippen molar-refractivity contribution in [1.82, 2.24) is 19.9 Å². The summed E-state index contributed by atoms with van der Waals surface area (Å²) in [6.07, 6.45) is 1.74. The average Bonchev–Trinajstić information content (AvgIpc) is 3.14. The lowest BCUT2D eigenvalue weighted by atomic mass is 10.1. The first-order valence-electron chi connectivity index (χ1n) is 9.54. The van der Waals surface area contributed by atoms with Crippen LogP contribution in [0, 0.1) is 0 Å². The molecule has 0 unspecified atom stereocenters. The maximum atomic E-state index is 12.9. The van der Waals surface area contributed by atoms with Crippen LogP contribution in [0.15, 0.2) is 66.9 Å². The first kappa shape index (κ1) is 19.4. The fraction of sp³-hybridized carbons (Fsp3) is 0.174. The van der Waals surface area contributed by atoms with E-state index >= 15 is 0 Å². The largest absolute Gasteiger partial charge is 0.496 e. The molecule has 0 fully saturated rings. The van der Waals surface area contributed by atoms with Crippen molar-refractivity contribution in [3.05, 3.63) is 83.8 Å². The Hall–Kier alpha value is -3.87. The molecule has 0 bridgehead atoms. The van der Waals surface area contributed by atoms with Gasteiger partial charge < -0.3 is 19.4 Å². The molecule has 0 saturated heterocycles. The predicted octanol–water partition coefficient (Wildman–Crippen LogP) is 3.43. The molecule has 2 aromatic heterocycles. The van der Waals surface area contributed by atoms with Gasteiger partial charge in [-0.25, -0.2) is 9.97 Å². The summed E-state index contributed by atoms with van der Waals surface area (Å²) >= 11 is 0. The third-order valence-corrected chi connectivity index (χ3v) is 4.83. The van der Waals surface area contributed by atoms with Gasteiger partial charge >= 0.3 is 0 Å². The highest BCUT2D eigenvalue weighted by Gasteiger charge is 2.19. The number of ether oxygens (including phenoxy) is 2. The quantitative estimate of drug-likeness (QED) is 0.512. The van der Waals surface area contributed by atoms with E-state index in [0.29, 0.717) is 23.6 Å². The molecular weight excluding hydrogens is 380 g/mol. The summed E-state index contributed by atoms with van der Waals surface area (Å²) in [5.74, 6) is 1.32. The standard InChI is InChI=1S/C23H22N4O3/c1-29-18-11-6-12-19(30-2)21(18)23(28)25-14-20-26-17-10-7-13-24-22(17)27(20)15-16-8-4-3-5-9-16/h3-13H,14-15H2,1-2H3,(H,25,28). The number of carbonyl (C=O) groups excluding carboxylic acids is 1. The van der Waals surface area contributed by atoms with Gasteiger partial charge in [0.15, 0.2) is 5.65 Å². The Labute approximate surface area is 174 Å². The number of fused-ring (bicyclic) bond motifs is 1. The third kappa shape index (κ3) is 3.82. The van der Waals surface area contributed by atoms with Crippen LogP contribution in [0.1, 0.15) is 21.7 Å². The molecule has 0 spiro atoms. The van der Waals surface area contributed by atoms with Crippen molar-refractivity contribution in [2.75, 3.05) is 14.2 Å². The second kappa shape index (κ2) is 8.65. The van der Waals surface area contributed by atoms with Crippen LogP contribution in [-0.2, 0) is 13.1 Å². The van der Waals surface area contributed by atoms with E-state index in [1.54, 1.807) is 24.4 Å². The minimum absolute atomic E-state index is 0.239. The first-order chi connectivity index (χ1) is 14.7. The molecule has 4 aromatic rings. The Balaban J connectivity index is 1.63. The molecule has 0 radical (unpaired) electrons. The molecule has 0 aliphatic rings. The topological polar surface area (TPSA) is 78.3 Å². The van der Waals surface area contributed by atoms with Gasteiger partial charge in [0.05, 0.1) is 27.3 Å². The summed E-state index contributed by atoms with van der Waals surface area (Å²) in [4.78, 5) is 22.1. The van der Waals surface area contributed by atoms with E-state index in [-0.39, 0.29) is 12.5 Å². The summed E-state index contributed by atoms with van der Waals surface area (Å²) in [6.45, 7) is 0.848. The van der Waals surface area contributed by atoms with E-state index < -0.39 is 0 Å². The lowest BCUT2D eigenvalue weighted by molar-refractivity contribution is 0.0943. The van der Waals surface area contributed by atoms with Crippen LogP contribution in [0.25, 0.3) is 11.2 Å². The Bertz CT molecular complexity index is 1150. The first-order valence-corrected chi connectivity index (χ1v) is 9.54. The lowest BCUT2D eigenvalue weighted by Gasteiger charge is -2.13. The highest BCUT2D eigenvalue weighted by molar-refractivity contribution is 5.99. The van der Waals surface area contributed by atoms with Crippen LogP contribution in [0.5, 0.6) is 11.5 Å². The lowest BCUT2D eigenvalue weighted by Crippen LogP contribution is -2.26. The van der Waals surface area contributed by atoms with Crippen LogP contribution in [-0.4, -0.2) is 34.7 Å². The Morgan fingerprint density at radius 3 is 2.40 bits per heavy atom. The monoisotopic (exact) mass is 402 g/mol. The number of nitrogens with zero attached hydrogens (tertiary/aromatic N) is 3. The Kier molecular flexibility index (Phi) is 5.61. The van der Waals surface area contributed by atoms with Crippen LogP contribution in [0.3, 0.4) is 0 Å². The van der Waals surface area contributed by atoms with Crippen molar-refractivity contribution in [3.8, 4) is 11.5 Å². The van der Waals surface area contributed by atoms with E-state index in [2.05, 4.69) is 27.4 Å². The van der Waals surface area contributed by atoms with Gasteiger partial charge in [0.2, 0.25) is 0 Å². The van der Waals surface area contributed by atoms with Crippen LogP contribution >= 0.6 is 0 Å². The van der Waals surface area contributed by atoms with Gasteiger partial charge in [0.25, 0.3) is 5.91 Å². The number of amides is 1. The molecule has 0 saturated carbocycles. The number of nitrogens with one attached hydrogen (secondary N) is 1. The normalized spacial score (nSPS) is 10.7. The number of benzene rings is 2. The highest BCUT2D eigenvalue weighted by Crippen LogP contribution is 2.28. The Morgan fingerprint density at radius 2 is 1.70 bits per heavy atom. The summed E-state index contributed by atoms with van der Waals surface area (Å²) in [6, 6.07) is 19.1. The molecule has 0 atom stereocenters. The zero-order valence-corrected chi connectivity index (χ0v) is 16.8. The molecule has 7 heteroatoms. The average molecular weight is 402 g/mol.